The Bertz CT molecular complexity index is 1310. The van der Waals surface area contributed by atoms with E-state index >= 15 is 0 Å². The van der Waals surface area contributed by atoms with Gasteiger partial charge in [-0.1, -0.05) is 24.3 Å². The fourth-order valence-electron chi connectivity index (χ4n) is 4.74. The van der Waals surface area contributed by atoms with Crippen molar-refractivity contribution in [3.8, 4) is 16.9 Å². The van der Waals surface area contributed by atoms with Crippen LogP contribution in [0.15, 0.2) is 54.7 Å². The predicted octanol–water partition coefficient (Wildman–Crippen LogP) is 6.25. The molecule has 3 heterocycles. The highest BCUT2D eigenvalue weighted by atomic mass is 19.3. The zero-order valence-corrected chi connectivity index (χ0v) is 17.1. The Labute approximate surface area is 182 Å². The maximum atomic E-state index is 15.0. The van der Waals surface area contributed by atoms with E-state index in [0.717, 1.165) is 29.9 Å². The summed E-state index contributed by atoms with van der Waals surface area (Å²) in [5.41, 5.74) is 4.22. The number of para-hydroxylation sites is 1. The predicted molar refractivity (Wildman–Crippen MR) is 114 cm³/mol. The molecule has 1 atom stereocenters. The van der Waals surface area contributed by atoms with Crippen LogP contribution in [0, 0.1) is 5.82 Å². The van der Waals surface area contributed by atoms with E-state index in [9.17, 15) is 13.2 Å². The third-order valence-corrected chi connectivity index (χ3v) is 6.39. The minimum atomic E-state index is -2.90. The number of imidazole rings is 1. The van der Waals surface area contributed by atoms with E-state index in [0.29, 0.717) is 41.0 Å². The number of rotatable bonds is 5. The van der Waals surface area contributed by atoms with E-state index in [1.54, 1.807) is 30.5 Å². The molecule has 0 saturated heterocycles. The number of benzene rings is 2. The SMILES string of the molecule is Fc1cc2nc3n(c2cc1-c1ccc(C2CC2)nc1)[C@@H](c1ccccc1OC(F)F)CC3. The lowest BCUT2D eigenvalue weighted by molar-refractivity contribution is -0.0506. The lowest BCUT2D eigenvalue weighted by Gasteiger charge is -2.19. The number of pyridine rings is 1. The van der Waals surface area contributed by atoms with Crippen LogP contribution in [-0.4, -0.2) is 21.1 Å². The van der Waals surface area contributed by atoms with Gasteiger partial charge < -0.3 is 9.30 Å². The molecule has 1 aliphatic carbocycles. The number of halogens is 3. The molecule has 32 heavy (non-hydrogen) atoms. The highest BCUT2D eigenvalue weighted by Crippen LogP contribution is 2.42. The van der Waals surface area contributed by atoms with Gasteiger partial charge in [-0.3, -0.25) is 4.98 Å². The van der Waals surface area contributed by atoms with Crippen molar-refractivity contribution in [3.63, 3.8) is 0 Å². The third kappa shape index (κ3) is 3.23. The van der Waals surface area contributed by atoms with Crippen LogP contribution < -0.4 is 4.74 Å². The van der Waals surface area contributed by atoms with Crippen LogP contribution in [0.4, 0.5) is 13.2 Å². The largest absolute Gasteiger partial charge is 0.434 e. The first-order valence-electron chi connectivity index (χ1n) is 10.8. The van der Waals surface area contributed by atoms with Crippen LogP contribution in [0.25, 0.3) is 22.2 Å². The van der Waals surface area contributed by atoms with E-state index in [-0.39, 0.29) is 17.6 Å². The van der Waals surface area contributed by atoms with Crippen LogP contribution in [0.2, 0.25) is 0 Å². The van der Waals surface area contributed by atoms with Crippen LogP contribution in [-0.2, 0) is 6.42 Å². The highest BCUT2D eigenvalue weighted by Gasteiger charge is 2.30. The fourth-order valence-corrected chi connectivity index (χ4v) is 4.74. The second-order valence-electron chi connectivity index (χ2n) is 8.44. The van der Waals surface area contributed by atoms with Crippen molar-refractivity contribution in [2.75, 3.05) is 0 Å². The van der Waals surface area contributed by atoms with Crippen LogP contribution >= 0.6 is 0 Å². The topological polar surface area (TPSA) is 39.9 Å². The summed E-state index contributed by atoms with van der Waals surface area (Å²) >= 11 is 0. The van der Waals surface area contributed by atoms with Gasteiger partial charge in [-0.25, -0.2) is 9.37 Å². The monoisotopic (exact) mass is 435 g/mol. The molecular formula is C25H20F3N3O. The molecule has 0 amide bonds. The molecule has 0 unspecified atom stereocenters. The van der Waals surface area contributed by atoms with Gasteiger partial charge in [0.15, 0.2) is 0 Å². The molecule has 4 nitrogen and oxygen atoms in total. The zero-order valence-electron chi connectivity index (χ0n) is 17.1. The molecule has 2 aromatic carbocycles. The maximum Gasteiger partial charge on any atom is 0.387 e. The summed E-state index contributed by atoms with van der Waals surface area (Å²) in [7, 11) is 0. The van der Waals surface area contributed by atoms with E-state index in [1.807, 2.05) is 22.8 Å². The van der Waals surface area contributed by atoms with E-state index < -0.39 is 6.61 Å². The van der Waals surface area contributed by atoms with Gasteiger partial charge in [-0.05, 0) is 37.5 Å². The maximum absolute atomic E-state index is 15.0. The Balaban J connectivity index is 1.45. The van der Waals surface area contributed by atoms with Crippen molar-refractivity contribution in [1.82, 2.24) is 14.5 Å². The van der Waals surface area contributed by atoms with E-state index in [4.69, 9.17) is 4.74 Å². The molecule has 0 bridgehead atoms. The summed E-state index contributed by atoms with van der Waals surface area (Å²) in [5, 5.41) is 0. The molecule has 1 aliphatic heterocycles. The second kappa shape index (κ2) is 7.36. The Morgan fingerprint density at radius 2 is 1.88 bits per heavy atom. The molecule has 0 spiro atoms. The minimum absolute atomic E-state index is 0.157. The van der Waals surface area contributed by atoms with Gasteiger partial charge in [-0.15, -0.1) is 0 Å². The third-order valence-electron chi connectivity index (χ3n) is 6.39. The number of aromatic nitrogens is 3. The summed E-state index contributed by atoms with van der Waals surface area (Å²) in [6.07, 6.45) is 5.44. The number of nitrogens with zero attached hydrogens (tertiary/aromatic N) is 3. The average molecular weight is 435 g/mol. The van der Waals surface area contributed by atoms with E-state index in [2.05, 4.69) is 9.97 Å². The first kappa shape index (κ1) is 19.3. The van der Waals surface area contributed by atoms with Gasteiger partial charge in [0.25, 0.3) is 0 Å². The number of aryl methyl sites for hydroxylation is 1. The molecule has 1 fully saturated rings. The summed E-state index contributed by atoms with van der Waals surface area (Å²) in [5.74, 6) is 1.15. The molecule has 2 aromatic heterocycles. The molecule has 1 saturated carbocycles. The fraction of sp³-hybridized carbons (Fsp3) is 0.280. The Morgan fingerprint density at radius 1 is 1.03 bits per heavy atom. The number of hydrogen-bond donors (Lipinski definition) is 0. The minimum Gasteiger partial charge on any atom is -0.434 e. The van der Waals surface area contributed by atoms with Gasteiger partial charge in [0.1, 0.15) is 17.4 Å². The van der Waals surface area contributed by atoms with Gasteiger partial charge in [0.05, 0.1) is 17.1 Å². The average Bonchev–Trinajstić information content (AvgIpc) is 3.46. The van der Waals surface area contributed by atoms with Crippen molar-refractivity contribution >= 4 is 11.0 Å². The van der Waals surface area contributed by atoms with Crippen molar-refractivity contribution in [3.05, 3.63) is 77.6 Å². The molecule has 2 aliphatic rings. The zero-order chi connectivity index (χ0) is 21.8. The first-order chi connectivity index (χ1) is 15.6. The number of ether oxygens (including phenoxy) is 1. The second-order valence-corrected chi connectivity index (χ2v) is 8.44. The van der Waals surface area contributed by atoms with Crippen molar-refractivity contribution in [2.45, 2.75) is 44.3 Å². The number of alkyl halides is 2. The van der Waals surface area contributed by atoms with Crippen LogP contribution in [0.1, 0.15) is 48.3 Å². The molecule has 7 heteroatoms. The van der Waals surface area contributed by atoms with Crippen LogP contribution in [0.5, 0.6) is 5.75 Å². The standard InChI is InChI=1S/C25H20F3N3O/c26-18-12-20-22(11-17(18)15-7-8-19(29-13-15)14-5-6-14)31-21(9-10-24(31)30-20)16-3-1-2-4-23(16)32-25(27)28/h1-4,7-8,11-14,21,25H,5-6,9-10H2/t21-/m1/s1. The van der Waals surface area contributed by atoms with Gasteiger partial charge in [0, 0.05) is 47.0 Å². The molecule has 162 valence electrons. The Hall–Kier alpha value is -3.35. The summed E-state index contributed by atoms with van der Waals surface area (Å²) in [6.45, 7) is -2.90. The molecule has 0 radical (unpaired) electrons. The summed E-state index contributed by atoms with van der Waals surface area (Å²) in [6, 6.07) is 13.8. The first-order valence-corrected chi connectivity index (χ1v) is 10.8. The molecule has 0 N–H and O–H groups in total. The molecule has 6 rings (SSSR count). The quantitative estimate of drug-likeness (QED) is 0.372. The Kier molecular flexibility index (Phi) is 4.45. The summed E-state index contributed by atoms with van der Waals surface area (Å²) in [4.78, 5) is 9.14. The van der Waals surface area contributed by atoms with Crippen molar-refractivity contribution < 1.29 is 17.9 Å². The Morgan fingerprint density at radius 3 is 2.62 bits per heavy atom. The van der Waals surface area contributed by atoms with Crippen molar-refractivity contribution in [2.24, 2.45) is 0 Å². The number of fused-ring (bicyclic) bond motifs is 3. The van der Waals surface area contributed by atoms with Gasteiger partial charge in [-0.2, -0.15) is 8.78 Å². The normalized spacial score (nSPS) is 17.8. The highest BCUT2D eigenvalue weighted by molar-refractivity contribution is 5.83. The summed E-state index contributed by atoms with van der Waals surface area (Å²) < 4.78 is 47.7. The molecular weight excluding hydrogens is 415 g/mol. The van der Waals surface area contributed by atoms with Gasteiger partial charge in [0.2, 0.25) is 0 Å². The lowest BCUT2D eigenvalue weighted by atomic mass is 10.0. The van der Waals surface area contributed by atoms with Gasteiger partial charge >= 0.3 is 6.61 Å². The van der Waals surface area contributed by atoms with Crippen molar-refractivity contribution in [1.29, 1.82) is 0 Å². The lowest BCUT2D eigenvalue weighted by Crippen LogP contribution is -2.10. The van der Waals surface area contributed by atoms with Crippen LogP contribution in [0.3, 0.4) is 0 Å². The van der Waals surface area contributed by atoms with E-state index in [1.165, 1.54) is 6.07 Å². The number of hydrogen-bond acceptors (Lipinski definition) is 3. The smallest absolute Gasteiger partial charge is 0.387 e. The molecule has 4 aromatic rings.